The molecular formula is C17H21ClN2O5S. The average molecular weight is 401 g/mol. The Kier molecular flexibility index (Phi) is 5.87. The summed E-state index contributed by atoms with van der Waals surface area (Å²) in [6, 6.07) is 4.61. The van der Waals surface area contributed by atoms with Crippen LogP contribution >= 0.6 is 11.6 Å². The molecule has 1 aromatic heterocycles. The summed E-state index contributed by atoms with van der Waals surface area (Å²) in [4.78, 5) is 12.2. The largest absolute Gasteiger partial charge is 0.495 e. The number of esters is 1. The molecule has 0 aliphatic carbocycles. The molecule has 0 saturated heterocycles. The van der Waals surface area contributed by atoms with Crippen LogP contribution in [0.3, 0.4) is 0 Å². The van der Waals surface area contributed by atoms with E-state index in [1.54, 1.807) is 40.0 Å². The van der Waals surface area contributed by atoms with Crippen LogP contribution in [0, 0.1) is 13.8 Å². The minimum atomic E-state index is -3.99. The summed E-state index contributed by atoms with van der Waals surface area (Å²) in [7, 11) is -0.943. The van der Waals surface area contributed by atoms with Crippen LogP contribution in [0.25, 0.3) is 0 Å². The van der Waals surface area contributed by atoms with Gasteiger partial charge in [-0.25, -0.2) is 13.2 Å². The number of hydrogen-bond donors (Lipinski definition) is 1. The fourth-order valence-corrected chi connectivity index (χ4v) is 4.54. The third-order valence-electron chi connectivity index (χ3n) is 4.01. The van der Waals surface area contributed by atoms with Gasteiger partial charge in [-0.05, 0) is 39.0 Å². The normalized spacial score (nSPS) is 11.3. The van der Waals surface area contributed by atoms with E-state index in [4.69, 9.17) is 21.1 Å². The highest BCUT2D eigenvalue weighted by Gasteiger charge is 2.30. The van der Waals surface area contributed by atoms with Crippen molar-refractivity contribution in [3.63, 3.8) is 0 Å². The monoisotopic (exact) mass is 400 g/mol. The molecule has 9 heteroatoms. The number of rotatable bonds is 6. The summed E-state index contributed by atoms with van der Waals surface area (Å²) in [5.41, 5.74) is 1.14. The van der Waals surface area contributed by atoms with Crippen LogP contribution < -0.4 is 9.46 Å². The van der Waals surface area contributed by atoms with Crippen molar-refractivity contribution < 1.29 is 22.7 Å². The van der Waals surface area contributed by atoms with Crippen molar-refractivity contribution in [2.75, 3.05) is 18.4 Å². The van der Waals surface area contributed by atoms with E-state index >= 15 is 0 Å². The first-order valence-corrected chi connectivity index (χ1v) is 9.69. The summed E-state index contributed by atoms with van der Waals surface area (Å²) in [5, 5.41) is 0.359. The van der Waals surface area contributed by atoms with Gasteiger partial charge >= 0.3 is 5.97 Å². The number of methoxy groups -OCH3 is 1. The van der Waals surface area contributed by atoms with Gasteiger partial charge in [0.05, 0.1) is 19.4 Å². The first-order chi connectivity index (χ1) is 12.1. The van der Waals surface area contributed by atoms with Crippen LogP contribution in [-0.2, 0) is 21.8 Å². The predicted octanol–water partition coefficient (Wildman–Crippen LogP) is 3.28. The number of anilines is 1. The third-order valence-corrected chi connectivity index (χ3v) is 5.87. The van der Waals surface area contributed by atoms with E-state index in [-0.39, 0.29) is 22.9 Å². The number of benzene rings is 1. The van der Waals surface area contributed by atoms with Gasteiger partial charge in [-0.15, -0.1) is 0 Å². The fourth-order valence-electron chi connectivity index (χ4n) is 2.79. The summed E-state index contributed by atoms with van der Waals surface area (Å²) in [6.07, 6.45) is 0. The molecule has 142 valence electrons. The predicted molar refractivity (Wildman–Crippen MR) is 99.7 cm³/mol. The molecule has 0 atom stereocenters. The van der Waals surface area contributed by atoms with E-state index in [1.807, 2.05) is 0 Å². The first kappa shape index (κ1) is 20.1. The maximum absolute atomic E-state index is 13.0. The smallest absolute Gasteiger partial charge is 0.355 e. The quantitative estimate of drug-likeness (QED) is 0.752. The SMILES string of the molecule is CCOC(=O)c1c(C)c(S(=O)(=O)Nc2cc(Cl)ccc2OC)c(C)n1C. The van der Waals surface area contributed by atoms with Crippen LogP contribution in [0.5, 0.6) is 5.75 Å². The van der Waals surface area contributed by atoms with Crippen molar-refractivity contribution in [3.8, 4) is 5.75 Å². The molecule has 1 heterocycles. The number of aromatic nitrogens is 1. The van der Waals surface area contributed by atoms with Crippen molar-refractivity contribution in [2.45, 2.75) is 25.7 Å². The molecule has 0 bridgehead atoms. The van der Waals surface area contributed by atoms with Crippen molar-refractivity contribution in [1.29, 1.82) is 0 Å². The van der Waals surface area contributed by atoms with Crippen molar-refractivity contribution in [1.82, 2.24) is 4.57 Å². The number of carbonyl (C=O) groups is 1. The summed E-state index contributed by atoms with van der Waals surface area (Å²) < 4.78 is 40.2. The topological polar surface area (TPSA) is 86.6 Å². The summed E-state index contributed by atoms with van der Waals surface area (Å²) >= 11 is 5.96. The Morgan fingerprint density at radius 1 is 1.31 bits per heavy atom. The first-order valence-electron chi connectivity index (χ1n) is 7.83. The zero-order chi connectivity index (χ0) is 19.6. The van der Waals surface area contributed by atoms with Gasteiger partial charge in [0.1, 0.15) is 16.3 Å². The number of carbonyl (C=O) groups excluding carboxylic acids is 1. The zero-order valence-electron chi connectivity index (χ0n) is 15.2. The van der Waals surface area contributed by atoms with E-state index in [0.29, 0.717) is 22.0 Å². The molecule has 26 heavy (non-hydrogen) atoms. The highest BCUT2D eigenvalue weighted by atomic mass is 35.5. The second-order valence-electron chi connectivity index (χ2n) is 5.62. The molecule has 0 aliphatic rings. The van der Waals surface area contributed by atoms with E-state index in [9.17, 15) is 13.2 Å². The number of nitrogens with zero attached hydrogens (tertiary/aromatic N) is 1. The number of nitrogens with one attached hydrogen (secondary N) is 1. The summed E-state index contributed by atoms with van der Waals surface area (Å²) in [6.45, 7) is 5.08. The van der Waals surface area contributed by atoms with Crippen LogP contribution in [0.2, 0.25) is 5.02 Å². The average Bonchev–Trinajstić information content (AvgIpc) is 2.77. The lowest BCUT2D eigenvalue weighted by Crippen LogP contribution is -2.15. The van der Waals surface area contributed by atoms with Gasteiger partial charge in [-0.3, -0.25) is 4.72 Å². The van der Waals surface area contributed by atoms with E-state index in [1.165, 1.54) is 17.7 Å². The van der Waals surface area contributed by atoms with E-state index < -0.39 is 16.0 Å². The molecule has 0 unspecified atom stereocenters. The van der Waals surface area contributed by atoms with Crippen molar-refractivity contribution in [2.24, 2.45) is 7.05 Å². The Balaban J connectivity index is 2.56. The van der Waals surface area contributed by atoms with Gasteiger partial charge in [-0.2, -0.15) is 0 Å². The maximum atomic E-state index is 13.0. The van der Waals surface area contributed by atoms with Crippen LogP contribution in [-0.4, -0.2) is 32.7 Å². The molecule has 0 aliphatic heterocycles. The molecule has 7 nitrogen and oxygen atoms in total. The van der Waals surface area contributed by atoms with Gasteiger partial charge in [0.2, 0.25) is 0 Å². The molecule has 2 aromatic rings. The van der Waals surface area contributed by atoms with Gasteiger partial charge in [0.25, 0.3) is 10.0 Å². The number of hydrogen-bond acceptors (Lipinski definition) is 5. The molecule has 0 spiro atoms. The number of ether oxygens (including phenoxy) is 2. The fraction of sp³-hybridized carbons (Fsp3) is 0.353. The molecular weight excluding hydrogens is 380 g/mol. The Morgan fingerprint density at radius 3 is 2.54 bits per heavy atom. The molecule has 1 aromatic carbocycles. The highest BCUT2D eigenvalue weighted by Crippen LogP contribution is 2.32. The number of halogens is 1. The van der Waals surface area contributed by atoms with Crippen LogP contribution in [0.4, 0.5) is 5.69 Å². The molecule has 0 saturated carbocycles. The van der Waals surface area contributed by atoms with Gasteiger partial charge in [0.15, 0.2) is 0 Å². The molecule has 2 rings (SSSR count). The van der Waals surface area contributed by atoms with Gasteiger partial charge in [0, 0.05) is 23.3 Å². The minimum absolute atomic E-state index is 0.0186. The lowest BCUT2D eigenvalue weighted by atomic mass is 10.2. The Morgan fingerprint density at radius 2 is 1.96 bits per heavy atom. The Hall–Kier alpha value is -2.19. The Bertz CT molecular complexity index is 951. The molecule has 0 fully saturated rings. The molecule has 1 N–H and O–H groups in total. The summed E-state index contributed by atoms with van der Waals surface area (Å²) in [5.74, 6) is -0.243. The van der Waals surface area contributed by atoms with Gasteiger partial charge in [-0.1, -0.05) is 11.6 Å². The standard InChI is InChI=1S/C17H21ClN2O5S/c1-6-25-17(21)15-10(2)16(11(3)20(15)4)26(22,23)19-13-9-12(18)7-8-14(13)24-5/h7-9,19H,6H2,1-5H3. The highest BCUT2D eigenvalue weighted by molar-refractivity contribution is 7.92. The molecule has 0 amide bonds. The van der Waals surface area contributed by atoms with Gasteiger partial charge < -0.3 is 14.0 Å². The van der Waals surface area contributed by atoms with Crippen molar-refractivity contribution in [3.05, 3.63) is 40.2 Å². The van der Waals surface area contributed by atoms with Crippen LogP contribution in [0.1, 0.15) is 28.7 Å². The maximum Gasteiger partial charge on any atom is 0.355 e. The lowest BCUT2D eigenvalue weighted by Gasteiger charge is -2.13. The zero-order valence-corrected chi connectivity index (χ0v) is 16.8. The van der Waals surface area contributed by atoms with Crippen molar-refractivity contribution >= 4 is 33.3 Å². The number of sulfonamides is 1. The van der Waals surface area contributed by atoms with E-state index in [2.05, 4.69) is 4.72 Å². The second kappa shape index (κ2) is 7.59. The molecule has 0 radical (unpaired) electrons. The lowest BCUT2D eigenvalue weighted by molar-refractivity contribution is 0.0514. The second-order valence-corrected chi connectivity index (χ2v) is 7.67. The Labute approximate surface area is 157 Å². The third kappa shape index (κ3) is 3.66. The minimum Gasteiger partial charge on any atom is -0.495 e. The van der Waals surface area contributed by atoms with Crippen LogP contribution in [0.15, 0.2) is 23.1 Å². The van der Waals surface area contributed by atoms with E-state index in [0.717, 1.165) is 0 Å².